The highest BCUT2D eigenvalue weighted by molar-refractivity contribution is 8.00. The van der Waals surface area contributed by atoms with Crippen molar-refractivity contribution in [3.05, 3.63) is 48.3 Å². The number of hydrogen-bond donors (Lipinski definition) is 1. The van der Waals surface area contributed by atoms with E-state index in [1.165, 1.54) is 24.3 Å². The molecule has 28 heavy (non-hydrogen) atoms. The Balaban J connectivity index is 1.84. The van der Waals surface area contributed by atoms with E-state index >= 15 is 0 Å². The number of halogens is 1. The van der Waals surface area contributed by atoms with Gasteiger partial charge in [0.15, 0.2) is 0 Å². The second-order valence-corrected chi connectivity index (χ2v) is 11.2. The molecule has 0 aliphatic carbocycles. The van der Waals surface area contributed by atoms with Crippen molar-refractivity contribution in [1.29, 1.82) is 0 Å². The van der Waals surface area contributed by atoms with Gasteiger partial charge in [0.1, 0.15) is 12.4 Å². The van der Waals surface area contributed by atoms with Gasteiger partial charge in [-0.25, -0.2) is 12.8 Å². The number of sulfonamides is 1. The highest BCUT2D eigenvalue weighted by Crippen LogP contribution is 2.42. The third-order valence-electron chi connectivity index (χ3n) is 4.22. The van der Waals surface area contributed by atoms with E-state index in [-0.39, 0.29) is 16.2 Å². The Morgan fingerprint density at radius 1 is 1.14 bits per heavy atom. The van der Waals surface area contributed by atoms with Gasteiger partial charge in [0.2, 0.25) is 5.91 Å². The predicted molar refractivity (Wildman–Crippen MR) is 112 cm³/mol. The molecule has 0 spiro atoms. The molecule has 8 heteroatoms. The van der Waals surface area contributed by atoms with Crippen molar-refractivity contribution in [2.45, 2.75) is 30.4 Å². The SMILES string of the molecule is CC(C)(C)SCCNC(=O)CN1c2ccc(F)cc2-c2ccccc2S1(=O)=O. The molecule has 0 saturated heterocycles. The number of benzene rings is 2. The summed E-state index contributed by atoms with van der Waals surface area (Å²) in [5.74, 6) is -0.128. The van der Waals surface area contributed by atoms with Crippen LogP contribution in [0.3, 0.4) is 0 Å². The topological polar surface area (TPSA) is 66.5 Å². The van der Waals surface area contributed by atoms with Crippen LogP contribution in [0.4, 0.5) is 10.1 Å². The number of amides is 1. The van der Waals surface area contributed by atoms with Gasteiger partial charge in [0.05, 0.1) is 10.6 Å². The fraction of sp³-hybridized carbons (Fsp3) is 0.350. The van der Waals surface area contributed by atoms with Gasteiger partial charge in [0, 0.05) is 28.2 Å². The minimum atomic E-state index is -3.91. The maximum atomic E-state index is 13.8. The molecule has 3 rings (SSSR count). The molecule has 150 valence electrons. The van der Waals surface area contributed by atoms with Crippen molar-refractivity contribution < 1.29 is 17.6 Å². The van der Waals surface area contributed by atoms with Gasteiger partial charge in [-0.3, -0.25) is 9.10 Å². The Kier molecular flexibility index (Phi) is 5.72. The average Bonchev–Trinajstić information content (AvgIpc) is 2.62. The third-order valence-corrected chi connectivity index (χ3v) is 7.31. The number of rotatable bonds is 5. The summed E-state index contributed by atoms with van der Waals surface area (Å²) in [6.45, 7) is 6.37. The lowest BCUT2D eigenvalue weighted by Gasteiger charge is -2.31. The van der Waals surface area contributed by atoms with Crippen molar-refractivity contribution in [2.24, 2.45) is 0 Å². The van der Waals surface area contributed by atoms with E-state index in [9.17, 15) is 17.6 Å². The van der Waals surface area contributed by atoms with Crippen molar-refractivity contribution in [2.75, 3.05) is 23.1 Å². The summed E-state index contributed by atoms with van der Waals surface area (Å²) in [4.78, 5) is 12.5. The number of nitrogens with one attached hydrogen (secondary N) is 1. The van der Waals surface area contributed by atoms with Crippen LogP contribution in [0.1, 0.15) is 20.8 Å². The van der Waals surface area contributed by atoms with Gasteiger partial charge in [-0.1, -0.05) is 39.0 Å². The Morgan fingerprint density at radius 2 is 1.86 bits per heavy atom. The van der Waals surface area contributed by atoms with Crippen LogP contribution >= 0.6 is 11.8 Å². The zero-order chi connectivity index (χ0) is 20.5. The molecule has 1 aliphatic rings. The molecule has 0 radical (unpaired) electrons. The van der Waals surface area contributed by atoms with Crippen molar-refractivity contribution >= 4 is 33.4 Å². The van der Waals surface area contributed by atoms with Gasteiger partial charge in [-0.15, -0.1) is 0 Å². The summed E-state index contributed by atoms with van der Waals surface area (Å²) < 4.78 is 41.2. The molecule has 2 aromatic carbocycles. The van der Waals surface area contributed by atoms with Gasteiger partial charge >= 0.3 is 0 Å². The largest absolute Gasteiger partial charge is 0.354 e. The molecule has 1 heterocycles. The molecule has 2 aromatic rings. The fourth-order valence-corrected chi connectivity index (χ4v) is 5.47. The van der Waals surface area contributed by atoms with Crippen LogP contribution in [0.5, 0.6) is 0 Å². The van der Waals surface area contributed by atoms with Crippen molar-refractivity contribution in [3.8, 4) is 11.1 Å². The van der Waals surface area contributed by atoms with Crippen molar-refractivity contribution in [3.63, 3.8) is 0 Å². The number of carbonyl (C=O) groups excluding carboxylic acids is 1. The van der Waals surface area contributed by atoms with Crippen LogP contribution < -0.4 is 9.62 Å². The lowest BCUT2D eigenvalue weighted by Crippen LogP contribution is -2.43. The van der Waals surface area contributed by atoms with Crippen LogP contribution in [0.25, 0.3) is 11.1 Å². The van der Waals surface area contributed by atoms with Gasteiger partial charge < -0.3 is 5.32 Å². The number of thioether (sulfide) groups is 1. The highest BCUT2D eigenvalue weighted by Gasteiger charge is 2.36. The molecule has 0 fully saturated rings. The van der Waals surface area contributed by atoms with E-state index < -0.39 is 21.7 Å². The Labute approximate surface area is 169 Å². The molecule has 0 bridgehead atoms. The van der Waals surface area contributed by atoms with Crippen LogP contribution in [0.15, 0.2) is 47.4 Å². The monoisotopic (exact) mass is 422 g/mol. The molecule has 0 unspecified atom stereocenters. The first kappa shape index (κ1) is 20.7. The van der Waals surface area contributed by atoms with E-state index in [4.69, 9.17) is 0 Å². The zero-order valence-electron chi connectivity index (χ0n) is 16.0. The number of anilines is 1. The molecule has 5 nitrogen and oxygen atoms in total. The molecule has 1 aliphatic heterocycles. The van der Waals surface area contributed by atoms with Gasteiger partial charge in [-0.05, 0) is 24.3 Å². The first-order valence-electron chi connectivity index (χ1n) is 8.92. The maximum Gasteiger partial charge on any atom is 0.265 e. The molecule has 0 atom stereocenters. The molecular weight excluding hydrogens is 399 g/mol. The molecule has 1 amide bonds. The predicted octanol–water partition coefficient (Wildman–Crippen LogP) is 3.65. The summed E-state index contributed by atoms with van der Waals surface area (Å²) in [7, 11) is -3.91. The zero-order valence-corrected chi connectivity index (χ0v) is 17.7. The number of nitrogens with zero attached hydrogens (tertiary/aromatic N) is 1. The number of carbonyl (C=O) groups is 1. The first-order chi connectivity index (χ1) is 13.1. The number of fused-ring (bicyclic) bond motifs is 3. The Bertz CT molecular complexity index is 1000. The van der Waals surface area contributed by atoms with E-state index in [2.05, 4.69) is 26.1 Å². The van der Waals surface area contributed by atoms with E-state index in [0.29, 0.717) is 23.4 Å². The summed E-state index contributed by atoms with van der Waals surface area (Å²) in [6.07, 6.45) is 0. The lowest BCUT2D eigenvalue weighted by molar-refractivity contribution is -0.119. The van der Waals surface area contributed by atoms with E-state index in [1.54, 1.807) is 30.0 Å². The molecular formula is C20H23FN2O3S2. The van der Waals surface area contributed by atoms with Crippen molar-refractivity contribution in [1.82, 2.24) is 5.32 Å². The normalized spacial score (nSPS) is 14.9. The first-order valence-corrected chi connectivity index (χ1v) is 11.3. The van der Waals surface area contributed by atoms with Crippen LogP contribution in [0, 0.1) is 5.82 Å². The van der Waals surface area contributed by atoms with E-state index in [1.807, 2.05) is 0 Å². The number of hydrogen-bond acceptors (Lipinski definition) is 4. The smallest absolute Gasteiger partial charge is 0.265 e. The average molecular weight is 423 g/mol. The minimum absolute atomic E-state index is 0.0733. The summed E-state index contributed by atoms with van der Waals surface area (Å²) >= 11 is 1.71. The minimum Gasteiger partial charge on any atom is -0.354 e. The lowest BCUT2D eigenvalue weighted by atomic mass is 10.0. The molecule has 1 N–H and O–H groups in total. The summed E-state index contributed by atoms with van der Waals surface area (Å²) in [5.41, 5.74) is 1.20. The van der Waals surface area contributed by atoms with Crippen LogP contribution in [-0.4, -0.2) is 37.9 Å². The van der Waals surface area contributed by atoms with Crippen LogP contribution in [-0.2, 0) is 14.8 Å². The van der Waals surface area contributed by atoms with Crippen LogP contribution in [0.2, 0.25) is 0 Å². The quantitative estimate of drug-likeness (QED) is 0.747. The van der Waals surface area contributed by atoms with Gasteiger partial charge in [-0.2, -0.15) is 11.8 Å². The second kappa shape index (κ2) is 7.75. The highest BCUT2D eigenvalue weighted by atomic mass is 32.2. The Hall–Kier alpha value is -2.06. The Morgan fingerprint density at radius 3 is 2.57 bits per heavy atom. The summed E-state index contributed by atoms with van der Waals surface area (Å²) in [6, 6.07) is 10.3. The fourth-order valence-electron chi connectivity index (χ4n) is 3.01. The van der Waals surface area contributed by atoms with E-state index in [0.717, 1.165) is 10.1 Å². The second-order valence-electron chi connectivity index (χ2n) is 7.48. The standard InChI is InChI=1S/C20H23FN2O3S2/c1-20(2,3)27-11-10-22-19(24)13-23-17-9-8-14(21)12-16(17)15-6-4-5-7-18(15)28(23,25)26/h4-9,12H,10-11,13H2,1-3H3,(H,22,24). The summed E-state index contributed by atoms with van der Waals surface area (Å²) in [5, 5.41) is 2.77. The molecule has 0 aromatic heterocycles. The maximum absolute atomic E-state index is 13.8. The van der Waals surface area contributed by atoms with Gasteiger partial charge in [0.25, 0.3) is 10.0 Å². The molecule has 0 saturated carbocycles. The third kappa shape index (κ3) is 4.33.